The van der Waals surface area contributed by atoms with E-state index in [1.54, 1.807) is 24.3 Å². The number of carbonyl (C=O) groups is 2. The van der Waals surface area contributed by atoms with Crippen LogP contribution in [0.4, 0.5) is 13.2 Å². The van der Waals surface area contributed by atoms with Gasteiger partial charge in [0.05, 0.1) is 12.2 Å². The standard InChI is InChI=1S/C24H22F3N3O5/c1-3-33-18-9-11-19(12-10-18)34-15(2)22(31)29-30-23(32)16-4-7-20(8-5-16)35-21-13-6-17(14-28-21)24(25,26)27/h4-15H,3H2,1-2H3,(H,29,31)(H,30,32). The van der Waals surface area contributed by atoms with Gasteiger partial charge in [0.2, 0.25) is 5.88 Å². The first-order valence-electron chi connectivity index (χ1n) is 10.5. The summed E-state index contributed by atoms with van der Waals surface area (Å²) >= 11 is 0. The number of aromatic nitrogens is 1. The van der Waals surface area contributed by atoms with Gasteiger partial charge in [0.25, 0.3) is 11.8 Å². The van der Waals surface area contributed by atoms with Gasteiger partial charge < -0.3 is 14.2 Å². The Bertz CT molecular complexity index is 1140. The van der Waals surface area contributed by atoms with E-state index in [4.69, 9.17) is 14.2 Å². The molecule has 0 spiro atoms. The Morgan fingerprint density at radius 3 is 2.11 bits per heavy atom. The highest BCUT2D eigenvalue weighted by atomic mass is 19.4. The molecule has 184 valence electrons. The molecule has 1 heterocycles. The minimum absolute atomic E-state index is 0.0380. The van der Waals surface area contributed by atoms with Crippen molar-refractivity contribution in [2.24, 2.45) is 0 Å². The zero-order valence-corrected chi connectivity index (χ0v) is 18.8. The SMILES string of the molecule is CCOc1ccc(OC(C)C(=O)NNC(=O)c2ccc(Oc3ccc(C(F)(F)F)cn3)cc2)cc1. The van der Waals surface area contributed by atoms with Crippen LogP contribution in [0.1, 0.15) is 29.8 Å². The largest absolute Gasteiger partial charge is 0.494 e. The summed E-state index contributed by atoms with van der Waals surface area (Å²) in [4.78, 5) is 28.1. The highest BCUT2D eigenvalue weighted by Gasteiger charge is 2.30. The molecule has 8 nitrogen and oxygen atoms in total. The molecule has 0 aliphatic heterocycles. The van der Waals surface area contributed by atoms with E-state index in [2.05, 4.69) is 15.8 Å². The number of hydrazine groups is 1. The molecule has 0 bridgehead atoms. The summed E-state index contributed by atoms with van der Waals surface area (Å²) in [5.74, 6) is 0.197. The molecule has 0 aliphatic carbocycles. The number of carbonyl (C=O) groups excluding carboxylic acids is 2. The van der Waals surface area contributed by atoms with Crippen molar-refractivity contribution in [3.63, 3.8) is 0 Å². The Morgan fingerprint density at radius 1 is 0.914 bits per heavy atom. The summed E-state index contributed by atoms with van der Waals surface area (Å²) in [5, 5.41) is 0. The Balaban J connectivity index is 1.48. The van der Waals surface area contributed by atoms with Crippen LogP contribution in [-0.2, 0) is 11.0 Å². The van der Waals surface area contributed by atoms with Crippen molar-refractivity contribution < 1.29 is 37.0 Å². The zero-order valence-electron chi connectivity index (χ0n) is 18.8. The molecular formula is C24H22F3N3O5. The average molecular weight is 489 g/mol. The van der Waals surface area contributed by atoms with Crippen LogP contribution in [0.3, 0.4) is 0 Å². The number of amides is 2. The maximum absolute atomic E-state index is 12.6. The van der Waals surface area contributed by atoms with Gasteiger partial charge in [-0.2, -0.15) is 13.2 Å². The first-order valence-corrected chi connectivity index (χ1v) is 10.5. The Morgan fingerprint density at radius 2 is 1.54 bits per heavy atom. The fraction of sp³-hybridized carbons (Fsp3) is 0.208. The number of alkyl halides is 3. The van der Waals surface area contributed by atoms with Gasteiger partial charge in [-0.3, -0.25) is 20.4 Å². The summed E-state index contributed by atoms with van der Waals surface area (Å²) in [6.07, 6.45) is -4.71. The van der Waals surface area contributed by atoms with E-state index in [0.717, 1.165) is 12.1 Å². The maximum atomic E-state index is 12.6. The number of benzene rings is 2. The van der Waals surface area contributed by atoms with Gasteiger partial charge in [-0.25, -0.2) is 4.98 Å². The smallest absolute Gasteiger partial charge is 0.417 e. The second-order valence-electron chi connectivity index (χ2n) is 7.12. The lowest BCUT2D eigenvalue weighted by Gasteiger charge is -2.15. The van der Waals surface area contributed by atoms with Gasteiger partial charge in [0, 0.05) is 17.8 Å². The molecule has 11 heteroatoms. The number of ether oxygens (including phenoxy) is 3. The van der Waals surface area contributed by atoms with Crippen molar-refractivity contribution in [2.45, 2.75) is 26.1 Å². The maximum Gasteiger partial charge on any atom is 0.417 e. The van der Waals surface area contributed by atoms with Crippen LogP contribution in [0, 0.1) is 0 Å². The van der Waals surface area contributed by atoms with Crippen molar-refractivity contribution in [2.75, 3.05) is 6.61 Å². The molecule has 2 aromatic carbocycles. The van der Waals surface area contributed by atoms with Crippen molar-refractivity contribution in [3.8, 4) is 23.1 Å². The molecule has 0 fully saturated rings. The van der Waals surface area contributed by atoms with Crippen LogP contribution < -0.4 is 25.1 Å². The van der Waals surface area contributed by atoms with Crippen LogP contribution in [0.5, 0.6) is 23.1 Å². The molecule has 0 radical (unpaired) electrons. The zero-order chi connectivity index (χ0) is 25.4. The molecule has 1 aromatic heterocycles. The van der Waals surface area contributed by atoms with E-state index in [1.165, 1.54) is 31.2 Å². The summed E-state index contributed by atoms with van der Waals surface area (Å²) in [6, 6.07) is 14.4. The lowest BCUT2D eigenvalue weighted by atomic mass is 10.2. The molecule has 2 amide bonds. The predicted octanol–water partition coefficient (Wildman–Crippen LogP) is 4.52. The number of nitrogens with one attached hydrogen (secondary N) is 2. The first-order chi connectivity index (χ1) is 16.7. The van der Waals surface area contributed by atoms with Gasteiger partial charge in [-0.15, -0.1) is 0 Å². The van der Waals surface area contributed by atoms with E-state index in [9.17, 15) is 22.8 Å². The van der Waals surface area contributed by atoms with Gasteiger partial charge in [0.15, 0.2) is 6.10 Å². The lowest BCUT2D eigenvalue weighted by molar-refractivity contribution is -0.137. The quantitative estimate of drug-likeness (QED) is 0.452. The van der Waals surface area contributed by atoms with Crippen molar-refractivity contribution in [1.82, 2.24) is 15.8 Å². The fourth-order valence-electron chi connectivity index (χ4n) is 2.73. The Kier molecular flexibility index (Phi) is 8.13. The third-order valence-electron chi connectivity index (χ3n) is 4.52. The van der Waals surface area contributed by atoms with Gasteiger partial charge >= 0.3 is 6.18 Å². The van der Waals surface area contributed by atoms with E-state index in [1.807, 2.05) is 6.92 Å². The summed E-state index contributed by atoms with van der Waals surface area (Å²) in [7, 11) is 0. The van der Waals surface area contributed by atoms with Crippen LogP contribution >= 0.6 is 0 Å². The molecule has 35 heavy (non-hydrogen) atoms. The number of nitrogens with zero attached hydrogens (tertiary/aromatic N) is 1. The van der Waals surface area contributed by atoms with Crippen LogP contribution in [0.15, 0.2) is 66.9 Å². The van der Waals surface area contributed by atoms with Crippen molar-refractivity contribution in [1.29, 1.82) is 0 Å². The van der Waals surface area contributed by atoms with Crippen LogP contribution in [0.25, 0.3) is 0 Å². The number of hydrogen-bond acceptors (Lipinski definition) is 6. The predicted molar refractivity (Wildman–Crippen MR) is 119 cm³/mol. The monoisotopic (exact) mass is 489 g/mol. The third-order valence-corrected chi connectivity index (χ3v) is 4.52. The Hall–Kier alpha value is -4.28. The third kappa shape index (κ3) is 7.36. The molecule has 0 aliphatic rings. The summed E-state index contributed by atoms with van der Waals surface area (Å²) in [5.41, 5.74) is 3.88. The van der Waals surface area contributed by atoms with E-state index >= 15 is 0 Å². The molecule has 0 saturated heterocycles. The molecule has 1 unspecified atom stereocenters. The molecule has 2 N–H and O–H groups in total. The fourth-order valence-corrected chi connectivity index (χ4v) is 2.73. The average Bonchev–Trinajstić information content (AvgIpc) is 2.84. The number of hydrogen-bond donors (Lipinski definition) is 2. The minimum Gasteiger partial charge on any atom is -0.494 e. The van der Waals surface area contributed by atoms with E-state index in [0.29, 0.717) is 24.3 Å². The highest BCUT2D eigenvalue weighted by Crippen LogP contribution is 2.30. The summed E-state index contributed by atoms with van der Waals surface area (Å²) < 4.78 is 54.1. The molecular weight excluding hydrogens is 467 g/mol. The van der Waals surface area contributed by atoms with Crippen LogP contribution in [0.2, 0.25) is 0 Å². The Labute approximate surface area is 199 Å². The van der Waals surface area contributed by atoms with Crippen molar-refractivity contribution in [3.05, 3.63) is 78.0 Å². The van der Waals surface area contributed by atoms with Crippen molar-refractivity contribution >= 4 is 11.8 Å². The van der Waals surface area contributed by atoms with Gasteiger partial charge in [-0.1, -0.05) is 0 Å². The number of pyridine rings is 1. The normalized spacial score (nSPS) is 11.8. The lowest BCUT2D eigenvalue weighted by Crippen LogP contribution is -2.47. The number of halogens is 3. The topological polar surface area (TPSA) is 98.8 Å². The van der Waals surface area contributed by atoms with Gasteiger partial charge in [0.1, 0.15) is 17.2 Å². The minimum atomic E-state index is -4.49. The molecule has 3 aromatic rings. The van der Waals surface area contributed by atoms with E-state index < -0.39 is 29.7 Å². The molecule has 1 atom stereocenters. The number of rotatable bonds is 8. The second kappa shape index (κ2) is 11.2. The second-order valence-corrected chi connectivity index (χ2v) is 7.12. The molecule has 3 rings (SSSR count). The van der Waals surface area contributed by atoms with Crippen LogP contribution in [-0.4, -0.2) is 29.5 Å². The molecule has 0 saturated carbocycles. The van der Waals surface area contributed by atoms with Gasteiger partial charge in [-0.05, 0) is 68.4 Å². The summed E-state index contributed by atoms with van der Waals surface area (Å²) in [6.45, 7) is 3.93. The first kappa shape index (κ1) is 25.3. The highest BCUT2D eigenvalue weighted by molar-refractivity contribution is 5.95. The van der Waals surface area contributed by atoms with E-state index in [-0.39, 0.29) is 17.2 Å².